The number of aromatic amines is 1. The van der Waals surface area contributed by atoms with E-state index in [-0.39, 0.29) is 6.61 Å². The number of nitrogens with two attached hydrogens (primary N) is 1. The molecule has 4 N–H and O–H groups in total. The zero-order valence-electron chi connectivity index (χ0n) is 11.4. The Kier molecular flexibility index (Phi) is 3.70. The van der Waals surface area contributed by atoms with Crippen LogP contribution in [0, 0.1) is 0 Å². The fourth-order valence-electron chi connectivity index (χ4n) is 2.17. The van der Waals surface area contributed by atoms with Gasteiger partial charge in [-0.1, -0.05) is 6.07 Å². The minimum atomic E-state index is 0.0997. The number of aromatic nitrogens is 3. The van der Waals surface area contributed by atoms with E-state index in [4.69, 9.17) is 15.6 Å². The van der Waals surface area contributed by atoms with Gasteiger partial charge in [0.15, 0.2) is 0 Å². The van der Waals surface area contributed by atoms with Crippen LogP contribution in [0.4, 0.5) is 5.82 Å². The van der Waals surface area contributed by atoms with E-state index in [0.717, 1.165) is 22.2 Å². The molecule has 0 bridgehead atoms. The van der Waals surface area contributed by atoms with Gasteiger partial charge in [-0.2, -0.15) is 5.10 Å². The number of hydrogen-bond donors (Lipinski definition) is 3. The number of aliphatic hydroxyl groups excluding tert-OH is 1. The standard InChI is InChI=1S/C15H16N4O2/c16-15-9-14(21-7-1-6-20)11-3-2-10(8-13(11)18-15)12-4-5-17-19-12/h2-5,8-9,20H,1,6-7H2,(H2,16,18)(H,17,19). The predicted molar refractivity (Wildman–Crippen MR) is 80.9 cm³/mol. The molecule has 0 spiro atoms. The summed E-state index contributed by atoms with van der Waals surface area (Å²) in [6.45, 7) is 0.541. The van der Waals surface area contributed by atoms with Crippen LogP contribution < -0.4 is 10.5 Å². The monoisotopic (exact) mass is 284 g/mol. The summed E-state index contributed by atoms with van der Waals surface area (Å²) in [6, 6.07) is 9.47. The number of aliphatic hydroxyl groups is 1. The molecule has 2 heterocycles. The van der Waals surface area contributed by atoms with Crippen LogP contribution in [0.25, 0.3) is 22.2 Å². The van der Waals surface area contributed by atoms with Crippen LogP contribution in [-0.2, 0) is 0 Å². The number of nitrogen functional groups attached to an aromatic ring is 1. The fourth-order valence-corrected chi connectivity index (χ4v) is 2.17. The van der Waals surface area contributed by atoms with E-state index in [1.54, 1.807) is 12.3 Å². The number of H-pyrrole nitrogens is 1. The smallest absolute Gasteiger partial charge is 0.132 e. The summed E-state index contributed by atoms with van der Waals surface area (Å²) in [7, 11) is 0. The van der Waals surface area contributed by atoms with Gasteiger partial charge in [0.05, 0.1) is 17.8 Å². The molecule has 0 saturated carbocycles. The Morgan fingerprint density at radius 2 is 2.14 bits per heavy atom. The first kappa shape index (κ1) is 13.4. The molecule has 0 aliphatic heterocycles. The summed E-state index contributed by atoms with van der Waals surface area (Å²) < 4.78 is 5.67. The van der Waals surface area contributed by atoms with Gasteiger partial charge in [-0.25, -0.2) is 4.98 Å². The second kappa shape index (κ2) is 5.80. The Hall–Kier alpha value is -2.60. The molecule has 0 unspecified atom stereocenters. The van der Waals surface area contributed by atoms with Crippen molar-refractivity contribution in [1.29, 1.82) is 0 Å². The molecule has 0 fully saturated rings. The Labute approximate surface area is 121 Å². The Morgan fingerprint density at radius 3 is 2.90 bits per heavy atom. The highest BCUT2D eigenvalue weighted by molar-refractivity contribution is 5.89. The van der Waals surface area contributed by atoms with E-state index in [1.807, 2.05) is 24.3 Å². The number of nitrogens with one attached hydrogen (secondary N) is 1. The van der Waals surface area contributed by atoms with E-state index in [9.17, 15) is 0 Å². The van der Waals surface area contributed by atoms with Crippen molar-refractivity contribution in [3.8, 4) is 17.0 Å². The largest absolute Gasteiger partial charge is 0.493 e. The van der Waals surface area contributed by atoms with Gasteiger partial charge in [0, 0.05) is 36.2 Å². The summed E-state index contributed by atoms with van der Waals surface area (Å²) in [5, 5.41) is 16.6. The Balaban J connectivity index is 2.01. The number of nitrogens with zero attached hydrogens (tertiary/aromatic N) is 2. The van der Waals surface area contributed by atoms with Crippen LogP contribution in [0.5, 0.6) is 5.75 Å². The first-order chi connectivity index (χ1) is 10.3. The van der Waals surface area contributed by atoms with Crippen molar-refractivity contribution < 1.29 is 9.84 Å². The van der Waals surface area contributed by atoms with Crippen molar-refractivity contribution in [3.05, 3.63) is 36.5 Å². The van der Waals surface area contributed by atoms with Crippen LogP contribution in [0.1, 0.15) is 6.42 Å². The average Bonchev–Trinajstić information content (AvgIpc) is 3.01. The zero-order valence-corrected chi connectivity index (χ0v) is 11.4. The predicted octanol–water partition coefficient (Wildman–Crippen LogP) is 1.97. The van der Waals surface area contributed by atoms with Crippen LogP contribution in [0.2, 0.25) is 0 Å². The highest BCUT2D eigenvalue weighted by Crippen LogP contribution is 2.30. The molecule has 0 atom stereocenters. The molecule has 6 heteroatoms. The molecule has 3 rings (SSSR count). The minimum Gasteiger partial charge on any atom is -0.493 e. The lowest BCUT2D eigenvalue weighted by Crippen LogP contribution is -2.02. The summed E-state index contributed by atoms with van der Waals surface area (Å²) in [5.41, 5.74) is 8.51. The third-order valence-corrected chi connectivity index (χ3v) is 3.16. The summed E-state index contributed by atoms with van der Waals surface area (Å²) in [4.78, 5) is 4.35. The number of rotatable bonds is 5. The number of anilines is 1. The van der Waals surface area contributed by atoms with Gasteiger partial charge in [-0.15, -0.1) is 0 Å². The molecule has 0 radical (unpaired) electrons. The molecule has 108 valence electrons. The van der Waals surface area contributed by atoms with Gasteiger partial charge in [0.2, 0.25) is 0 Å². The SMILES string of the molecule is Nc1cc(OCCCO)c2ccc(-c3ccn[nH]3)cc2n1. The molecular formula is C15H16N4O2. The minimum absolute atomic E-state index is 0.0997. The first-order valence-electron chi connectivity index (χ1n) is 6.71. The van der Waals surface area contributed by atoms with Gasteiger partial charge in [-0.05, 0) is 18.2 Å². The zero-order chi connectivity index (χ0) is 14.7. The first-order valence-corrected chi connectivity index (χ1v) is 6.71. The maximum atomic E-state index is 8.83. The lowest BCUT2D eigenvalue weighted by Gasteiger charge is -2.10. The maximum Gasteiger partial charge on any atom is 0.132 e. The van der Waals surface area contributed by atoms with Crippen LogP contribution in [-0.4, -0.2) is 33.5 Å². The van der Waals surface area contributed by atoms with Crippen LogP contribution >= 0.6 is 0 Å². The van der Waals surface area contributed by atoms with E-state index < -0.39 is 0 Å². The summed E-state index contributed by atoms with van der Waals surface area (Å²) >= 11 is 0. The van der Waals surface area contributed by atoms with Gasteiger partial charge >= 0.3 is 0 Å². The molecule has 0 amide bonds. The van der Waals surface area contributed by atoms with Crippen molar-refractivity contribution in [2.24, 2.45) is 0 Å². The highest BCUT2D eigenvalue weighted by Gasteiger charge is 2.08. The van der Waals surface area contributed by atoms with Crippen molar-refractivity contribution in [2.75, 3.05) is 18.9 Å². The molecule has 0 aliphatic carbocycles. The molecule has 1 aromatic carbocycles. The molecule has 3 aromatic rings. The number of ether oxygens (including phenoxy) is 1. The molecule has 2 aromatic heterocycles. The second-order valence-corrected chi connectivity index (χ2v) is 4.67. The van der Waals surface area contributed by atoms with E-state index in [1.165, 1.54) is 0 Å². The molecule has 0 saturated heterocycles. The lowest BCUT2D eigenvalue weighted by atomic mass is 10.1. The number of pyridine rings is 1. The Morgan fingerprint density at radius 1 is 1.24 bits per heavy atom. The normalized spacial score (nSPS) is 10.9. The topological polar surface area (TPSA) is 97.0 Å². The third-order valence-electron chi connectivity index (χ3n) is 3.16. The quantitative estimate of drug-likeness (QED) is 0.622. The molecule has 0 aliphatic rings. The summed E-state index contributed by atoms with van der Waals surface area (Å²) in [5.74, 6) is 1.09. The average molecular weight is 284 g/mol. The number of benzene rings is 1. The highest BCUT2D eigenvalue weighted by atomic mass is 16.5. The van der Waals surface area contributed by atoms with Gasteiger partial charge in [-0.3, -0.25) is 5.10 Å². The molecule has 21 heavy (non-hydrogen) atoms. The van der Waals surface area contributed by atoms with Gasteiger partial charge in [0.25, 0.3) is 0 Å². The van der Waals surface area contributed by atoms with Crippen LogP contribution in [0.3, 0.4) is 0 Å². The number of fused-ring (bicyclic) bond motifs is 1. The molecule has 6 nitrogen and oxygen atoms in total. The van der Waals surface area contributed by atoms with Crippen molar-refractivity contribution in [1.82, 2.24) is 15.2 Å². The van der Waals surface area contributed by atoms with Crippen molar-refractivity contribution in [2.45, 2.75) is 6.42 Å². The van der Waals surface area contributed by atoms with Gasteiger partial charge in [0.1, 0.15) is 11.6 Å². The summed E-state index contributed by atoms with van der Waals surface area (Å²) in [6.07, 6.45) is 2.28. The maximum absolute atomic E-state index is 8.83. The van der Waals surface area contributed by atoms with Crippen molar-refractivity contribution >= 4 is 16.7 Å². The van der Waals surface area contributed by atoms with Gasteiger partial charge < -0.3 is 15.6 Å². The second-order valence-electron chi connectivity index (χ2n) is 4.67. The van der Waals surface area contributed by atoms with Crippen molar-refractivity contribution in [3.63, 3.8) is 0 Å². The number of hydrogen-bond acceptors (Lipinski definition) is 5. The van der Waals surface area contributed by atoms with E-state index in [2.05, 4.69) is 15.2 Å². The fraction of sp³-hybridized carbons (Fsp3) is 0.200. The van der Waals surface area contributed by atoms with Crippen LogP contribution in [0.15, 0.2) is 36.5 Å². The third kappa shape index (κ3) is 2.80. The molecular weight excluding hydrogens is 268 g/mol. The Bertz CT molecular complexity index is 741. The van der Waals surface area contributed by atoms with E-state index >= 15 is 0 Å². The lowest BCUT2D eigenvalue weighted by molar-refractivity contribution is 0.235. The van der Waals surface area contributed by atoms with E-state index in [0.29, 0.717) is 24.6 Å².